The van der Waals surface area contributed by atoms with Crippen LogP contribution in [-0.2, 0) is 4.74 Å². The number of hydrogen-bond acceptors (Lipinski definition) is 4. The topological polar surface area (TPSA) is 38.2 Å². The standard InChI is InChI=1S/C12H16IN3O/c13-9-7-14-12(15-8-9)16-5-6-17-11-4-2-1-3-10(11)16/h7-8,10-11H,1-6H2. The van der Waals surface area contributed by atoms with Crippen LogP contribution in [0, 0.1) is 3.57 Å². The van der Waals surface area contributed by atoms with E-state index in [0.717, 1.165) is 22.7 Å². The predicted molar refractivity (Wildman–Crippen MR) is 74.1 cm³/mol. The summed E-state index contributed by atoms with van der Waals surface area (Å²) in [5.74, 6) is 0.866. The molecule has 2 atom stereocenters. The number of fused-ring (bicyclic) bond motifs is 1. The van der Waals surface area contributed by atoms with Crippen LogP contribution in [0.4, 0.5) is 5.95 Å². The normalized spacial score (nSPS) is 28.9. The van der Waals surface area contributed by atoms with Gasteiger partial charge in [0.2, 0.25) is 5.95 Å². The van der Waals surface area contributed by atoms with Crippen molar-refractivity contribution in [3.05, 3.63) is 16.0 Å². The fourth-order valence-corrected chi connectivity index (χ4v) is 3.08. The van der Waals surface area contributed by atoms with Gasteiger partial charge in [-0.1, -0.05) is 12.8 Å². The molecule has 5 heteroatoms. The molecule has 0 aromatic carbocycles. The van der Waals surface area contributed by atoms with Crippen molar-refractivity contribution in [1.29, 1.82) is 0 Å². The lowest BCUT2D eigenvalue weighted by molar-refractivity contribution is -0.00932. The SMILES string of the molecule is Ic1cnc(N2CCOC3CCCCC32)nc1. The van der Waals surface area contributed by atoms with Crippen molar-refractivity contribution >= 4 is 28.5 Å². The van der Waals surface area contributed by atoms with Gasteiger partial charge in [-0.15, -0.1) is 0 Å². The number of morpholine rings is 1. The highest BCUT2D eigenvalue weighted by atomic mass is 127. The summed E-state index contributed by atoms with van der Waals surface area (Å²) in [6.45, 7) is 1.72. The van der Waals surface area contributed by atoms with Crippen molar-refractivity contribution in [3.8, 4) is 0 Å². The van der Waals surface area contributed by atoms with Gasteiger partial charge >= 0.3 is 0 Å². The van der Waals surface area contributed by atoms with E-state index in [9.17, 15) is 0 Å². The molecule has 0 bridgehead atoms. The molecule has 1 aliphatic carbocycles. The molecule has 1 saturated carbocycles. The van der Waals surface area contributed by atoms with Crippen LogP contribution in [0.1, 0.15) is 25.7 Å². The van der Waals surface area contributed by atoms with Crippen LogP contribution >= 0.6 is 22.6 Å². The maximum Gasteiger partial charge on any atom is 0.225 e. The van der Waals surface area contributed by atoms with Gasteiger partial charge in [-0.2, -0.15) is 0 Å². The Morgan fingerprint density at radius 1 is 1.24 bits per heavy atom. The molecule has 0 amide bonds. The average Bonchev–Trinajstić information content (AvgIpc) is 2.39. The van der Waals surface area contributed by atoms with E-state index in [0.29, 0.717) is 12.1 Å². The molecule has 0 N–H and O–H groups in total. The van der Waals surface area contributed by atoms with Crippen LogP contribution in [0.2, 0.25) is 0 Å². The second kappa shape index (κ2) is 5.06. The minimum absolute atomic E-state index is 0.389. The highest BCUT2D eigenvalue weighted by Gasteiger charge is 2.35. The third-order valence-corrected chi connectivity index (χ3v) is 4.15. The van der Waals surface area contributed by atoms with Crippen molar-refractivity contribution < 1.29 is 4.74 Å². The zero-order chi connectivity index (χ0) is 11.7. The number of rotatable bonds is 1. The number of ether oxygens (including phenoxy) is 1. The van der Waals surface area contributed by atoms with E-state index in [1.807, 2.05) is 12.4 Å². The van der Waals surface area contributed by atoms with Crippen LogP contribution in [0.25, 0.3) is 0 Å². The predicted octanol–water partition coefficient (Wildman–Crippen LogP) is 2.23. The second-order valence-corrected chi connectivity index (χ2v) is 5.90. The molecule has 2 heterocycles. The van der Waals surface area contributed by atoms with E-state index >= 15 is 0 Å². The second-order valence-electron chi connectivity index (χ2n) is 4.66. The Bertz CT molecular complexity index is 382. The lowest BCUT2D eigenvalue weighted by Crippen LogP contribution is -2.53. The highest BCUT2D eigenvalue weighted by Crippen LogP contribution is 2.30. The first-order chi connectivity index (χ1) is 8.34. The lowest BCUT2D eigenvalue weighted by atomic mass is 9.90. The maximum atomic E-state index is 5.86. The van der Waals surface area contributed by atoms with Crippen LogP contribution in [0.5, 0.6) is 0 Å². The Morgan fingerprint density at radius 3 is 2.82 bits per heavy atom. The number of nitrogens with zero attached hydrogens (tertiary/aromatic N) is 3. The first kappa shape index (κ1) is 11.6. The number of anilines is 1. The van der Waals surface area contributed by atoms with Gasteiger partial charge in [0.15, 0.2) is 0 Å². The first-order valence-electron chi connectivity index (χ1n) is 6.20. The zero-order valence-corrected chi connectivity index (χ0v) is 11.8. The molecular formula is C12H16IN3O. The summed E-state index contributed by atoms with van der Waals surface area (Å²) in [6.07, 6.45) is 9.15. The van der Waals surface area contributed by atoms with Gasteiger partial charge in [0.25, 0.3) is 0 Å². The minimum atomic E-state index is 0.389. The smallest absolute Gasteiger partial charge is 0.225 e. The van der Waals surface area contributed by atoms with E-state index in [1.165, 1.54) is 25.7 Å². The number of aromatic nitrogens is 2. The van der Waals surface area contributed by atoms with Crippen molar-refractivity contribution in [2.24, 2.45) is 0 Å². The van der Waals surface area contributed by atoms with Gasteiger partial charge in [-0.25, -0.2) is 9.97 Å². The minimum Gasteiger partial charge on any atom is -0.374 e. The zero-order valence-electron chi connectivity index (χ0n) is 9.68. The molecule has 0 spiro atoms. The van der Waals surface area contributed by atoms with Crippen LogP contribution in [-0.4, -0.2) is 35.3 Å². The van der Waals surface area contributed by atoms with Crippen LogP contribution in [0.3, 0.4) is 0 Å². The molecule has 2 aliphatic rings. The summed E-state index contributed by atoms with van der Waals surface area (Å²) >= 11 is 2.24. The highest BCUT2D eigenvalue weighted by molar-refractivity contribution is 14.1. The van der Waals surface area contributed by atoms with Crippen LogP contribution < -0.4 is 4.90 Å². The quantitative estimate of drug-likeness (QED) is 0.732. The summed E-state index contributed by atoms with van der Waals surface area (Å²) in [5.41, 5.74) is 0. The molecule has 1 aromatic rings. The molecular weight excluding hydrogens is 329 g/mol. The number of halogens is 1. The van der Waals surface area contributed by atoms with Crippen molar-refractivity contribution in [1.82, 2.24) is 9.97 Å². The molecule has 1 aromatic heterocycles. The summed E-state index contributed by atoms with van der Waals surface area (Å²) in [4.78, 5) is 11.2. The third-order valence-electron chi connectivity index (χ3n) is 3.60. The largest absolute Gasteiger partial charge is 0.374 e. The Hall–Kier alpha value is -0.430. The van der Waals surface area contributed by atoms with E-state index in [2.05, 4.69) is 37.5 Å². The molecule has 2 fully saturated rings. The summed E-state index contributed by atoms with van der Waals surface area (Å²) in [5, 5.41) is 0. The van der Waals surface area contributed by atoms with Gasteiger partial charge in [0, 0.05) is 22.5 Å². The molecule has 1 saturated heterocycles. The van der Waals surface area contributed by atoms with Crippen molar-refractivity contribution in [3.63, 3.8) is 0 Å². The molecule has 17 heavy (non-hydrogen) atoms. The third kappa shape index (κ3) is 2.40. The van der Waals surface area contributed by atoms with Crippen molar-refractivity contribution in [2.45, 2.75) is 37.8 Å². The molecule has 4 nitrogen and oxygen atoms in total. The molecule has 1 aliphatic heterocycles. The average molecular weight is 345 g/mol. The van der Waals surface area contributed by atoms with Gasteiger partial charge in [0.1, 0.15) is 0 Å². The Kier molecular flexibility index (Phi) is 3.46. The molecule has 2 unspecified atom stereocenters. The fourth-order valence-electron chi connectivity index (χ4n) is 2.80. The van der Waals surface area contributed by atoms with E-state index < -0.39 is 0 Å². The Labute approximate surface area is 115 Å². The summed E-state index contributed by atoms with van der Waals surface area (Å²) < 4.78 is 6.94. The van der Waals surface area contributed by atoms with Crippen molar-refractivity contribution in [2.75, 3.05) is 18.1 Å². The fraction of sp³-hybridized carbons (Fsp3) is 0.667. The maximum absolute atomic E-state index is 5.86. The van der Waals surface area contributed by atoms with E-state index in [4.69, 9.17) is 4.74 Å². The summed E-state index contributed by atoms with van der Waals surface area (Å²) in [6, 6.07) is 0.484. The van der Waals surface area contributed by atoms with E-state index in [1.54, 1.807) is 0 Å². The van der Waals surface area contributed by atoms with Gasteiger partial charge in [0.05, 0.1) is 18.8 Å². The molecule has 92 valence electrons. The van der Waals surface area contributed by atoms with E-state index in [-0.39, 0.29) is 0 Å². The monoisotopic (exact) mass is 345 g/mol. The lowest BCUT2D eigenvalue weighted by Gasteiger charge is -2.43. The first-order valence-corrected chi connectivity index (χ1v) is 7.28. The van der Waals surface area contributed by atoms with Gasteiger partial charge in [-0.05, 0) is 35.4 Å². The van der Waals surface area contributed by atoms with Gasteiger partial charge in [-0.3, -0.25) is 0 Å². The van der Waals surface area contributed by atoms with Crippen LogP contribution in [0.15, 0.2) is 12.4 Å². The number of hydrogen-bond donors (Lipinski definition) is 0. The Balaban J connectivity index is 1.83. The molecule has 3 rings (SSSR count). The van der Waals surface area contributed by atoms with Gasteiger partial charge < -0.3 is 9.64 Å². The Morgan fingerprint density at radius 2 is 2.00 bits per heavy atom. The summed E-state index contributed by atoms with van der Waals surface area (Å²) in [7, 11) is 0. The molecule has 0 radical (unpaired) electrons.